The summed E-state index contributed by atoms with van der Waals surface area (Å²) in [7, 11) is 0. The third-order valence-corrected chi connectivity index (χ3v) is 2.23. The second-order valence-electron chi connectivity index (χ2n) is 3.25. The van der Waals surface area contributed by atoms with E-state index in [1.54, 1.807) is 6.07 Å². The molecule has 1 aromatic rings. The number of rotatable bonds is 1. The molecule has 0 saturated heterocycles. The lowest BCUT2D eigenvalue weighted by atomic mass is 10.1. The Bertz CT molecular complexity index is 339. The second kappa shape index (κ2) is 3.75. The Balaban J connectivity index is 2.41. The summed E-state index contributed by atoms with van der Waals surface area (Å²) in [5, 5.41) is 0. The second-order valence-corrected chi connectivity index (χ2v) is 3.25. The molecule has 76 valence electrons. The third kappa shape index (κ3) is 1.61. The van der Waals surface area contributed by atoms with E-state index in [4.69, 9.17) is 20.9 Å². The van der Waals surface area contributed by atoms with Crippen LogP contribution in [0.1, 0.15) is 12.0 Å². The van der Waals surface area contributed by atoms with Crippen LogP contribution in [0, 0.1) is 0 Å². The van der Waals surface area contributed by atoms with Gasteiger partial charge in [-0.05, 0) is 11.6 Å². The standard InChI is InChI=1S/C10H14N2O2/c11-6-7-4-9-10(5-8(7)12)14-3-1-2-13-9/h4-5H,1-3,6,11-12H2. The molecule has 4 N–H and O–H groups in total. The van der Waals surface area contributed by atoms with Gasteiger partial charge in [-0.1, -0.05) is 0 Å². The van der Waals surface area contributed by atoms with Crippen molar-refractivity contribution in [2.75, 3.05) is 18.9 Å². The van der Waals surface area contributed by atoms with Crippen molar-refractivity contribution in [1.29, 1.82) is 0 Å². The molecule has 1 aliphatic heterocycles. The average Bonchev–Trinajstić information content (AvgIpc) is 2.41. The first kappa shape index (κ1) is 9.15. The van der Waals surface area contributed by atoms with Crippen LogP contribution in [0.2, 0.25) is 0 Å². The number of fused-ring (bicyclic) bond motifs is 1. The molecule has 14 heavy (non-hydrogen) atoms. The van der Waals surface area contributed by atoms with Crippen LogP contribution in [-0.4, -0.2) is 13.2 Å². The molecule has 0 bridgehead atoms. The number of benzene rings is 1. The maximum Gasteiger partial charge on any atom is 0.163 e. The first-order valence-corrected chi connectivity index (χ1v) is 4.69. The molecule has 0 fully saturated rings. The van der Waals surface area contributed by atoms with Crippen molar-refractivity contribution in [3.05, 3.63) is 17.7 Å². The molecule has 0 spiro atoms. The zero-order chi connectivity index (χ0) is 9.97. The summed E-state index contributed by atoms with van der Waals surface area (Å²) in [6.07, 6.45) is 0.895. The number of nitrogens with two attached hydrogens (primary N) is 2. The van der Waals surface area contributed by atoms with Gasteiger partial charge in [-0.15, -0.1) is 0 Å². The quantitative estimate of drug-likeness (QED) is 0.651. The Morgan fingerprint density at radius 2 is 1.79 bits per heavy atom. The minimum absolute atomic E-state index is 0.419. The molecular formula is C10H14N2O2. The van der Waals surface area contributed by atoms with Gasteiger partial charge in [-0.3, -0.25) is 0 Å². The van der Waals surface area contributed by atoms with Gasteiger partial charge in [0.25, 0.3) is 0 Å². The minimum Gasteiger partial charge on any atom is -0.490 e. The molecule has 0 amide bonds. The molecular weight excluding hydrogens is 180 g/mol. The van der Waals surface area contributed by atoms with E-state index in [1.165, 1.54) is 0 Å². The molecule has 0 aliphatic carbocycles. The lowest BCUT2D eigenvalue weighted by molar-refractivity contribution is 0.297. The molecule has 1 heterocycles. The fourth-order valence-corrected chi connectivity index (χ4v) is 1.44. The molecule has 1 aromatic carbocycles. The molecule has 4 heteroatoms. The molecule has 0 saturated carbocycles. The Hall–Kier alpha value is -1.42. The van der Waals surface area contributed by atoms with Crippen LogP contribution in [0.25, 0.3) is 0 Å². The molecule has 4 nitrogen and oxygen atoms in total. The highest BCUT2D eigenvalue weighted by molar-refractivity contribution is 5.58. The highest BCUT2D eigenvalue weighted by Crippen LogP contribution is 2.33. The van der Waals surface area contributed by atoms with Gasteiger partial charge >= 0.3 is 0 Å². The van der Waals surface area contributed by atoms with Crippen LogP contribution in [0.3, 0.4) is 0 Å². The monoisotopic (exact) mass is 194 g/mol. The summed E-state index contributed by atoms with van der Waals surface area (Å²) < 4.78 is 11.0. The summed E-state index contributed by atoms with van der Waals surface area (Å²) >= 11 is 0. The fraction of sp³-hybridized carbons (Fsp3) is 0.400. The summed E-state index contributed by atoms with van der Waals surface area (Å²) in [6, 6.07) is 3.64. The summed E-state index contributed by atoms with van der Waals surface area (Å²) in [5.74, 6) is 1.47. The Labute approximate surface area is 82.8 Å². The van der Waals surface area contributed by atoms with Gasteiger partial charge in [-0.2, -0.15) is 0 Å². The van der Waals surface area contributed by atoms with Crippen LogP contribution in [0.4, 0.5) is 5.69 Å². The van der Waals surface area contributed by atoms with Crippen molar-refractivity contribution < 1.29 is 9.47 Å². The van der Waals surface area contributed by atoms with Crippen molar-refractivity contribution in [2.24, 2.45) is 5.73 Å². The maximum atomic E-state index is 5.79. The van der Waals surface area contributed by atoms with Crippen LogP contribution >= 0.6 is 0 Å². The van der Waals surface area contributed by atoms with Crippen LogP contribution < -0.4 is 20.9 Å². The lowest BCUT2D eigenvalue weighted by Gasteiger charge is -2.10. The summed E-state index contributed by atoms with van der Waals surface area (Å²) in [4.78, 5) is 0. The van der Waals surface area contributed by atoms with Crippen LogP contribution in [0.5, 0.6) is 11.5 Å². The average molecular weight is 194 g/mol. The van der Waals surface area contributed by atoms with Crippen molar-refractivity contribution >= 4 is 5.69 Å². The number of hydrogen-bond donors (Lipinski definition) is 2. The van der Waals surface area contributed by atoms with Gasteiger partial charge in [0, 0.05) is 24.7 Å². The zero-order valence-electron chi connectivity index (χ0n) is 7.95. The van der Waals surface area contributed by atoms with E-state index < -0.39 is 0 Å². The molecule has 0 unspecified atom stereocenters. The third-order valence-electron chi connectivity index (χ3n) is 2.23. The number of hydrogen-bond acceptors (Lipinski definition) is 4. The van der Waals surface area contributed by atoms with Crippen molar-refractivity contribution in [3.8, 4) is 11.5 Å². The van der Waals surface area contributed by atoms with Crippen molar-refractivity contribution in [2.45, 2.75) is 13.0 Å². The predicted octanol–water partition coefficient (Wildman–Crippen LogP) is 0.889. The Morgan fingerprint density at radius 1 is 1.14 bits per heavy atom. The normalized spacial score (nSPS) is 14.9. The Morgan fingerprint density at radius 3 is 2.43 bits per heavy atom. The largest absolute Gasteiger partial charge is 0.490 e. The van der Waals surface area contributed by atoms with Gasteiger partial charge < -0.3 is 20.9 Å². The van der Waals surface area contributed by atoms with Gasteiger partial charge in [-0.25, -0.2) is 0 Å². The van der Waals surface area contributed by atoms with Gasteiger partial charge in [0.05, 0.1) is 13.2 Å². The van der Waals surface area contributed by atoms with Crippen molar-refractivity contribution in [3.63, 3.8) is 0 Å². The van der Waals surface area contributed by atoms with E-state index in [-0.39, 0.29) is 0 Å². The van der Waals surface area contributed by atoms with E-state index >= 15 is 0 Å². The van der Waals surface area contributed by atoms with Gasteiger partial charge in [0.2, 0.25) is 0 Å². The fourth-order valence-electron chi connectivity index (χ4n) is 1.44. The molecule has 0 atom stereocenters. The molecule has 0 aromatic heterocycles. The Kier molecular flexibility index (Phi) is 2.45. The molecule has 2 rings (SSSR count). The summed E-state index contributed by atoms with van der Waals surface area (Å²) in [5.41, 5.74) is 12.9. The lowest BCUT2D eigenvalue weighted by Crippen LogP contribution is -2.03. The van der Waals surface area contributed by atoms with E-state index in [9.17, 15) is 0 Å². The van der Waals surface area contributed by atoms with Gasteiger partial charge in [0.15, 0.2) is 11.5 Å². The maximum absolute atomic E-state index is 5.79. The van der Waals surface area contributed by atoms with Crippen molar-refractivity contribution in [1.82, 2.24) is 0 Å². The van der Waals surface area contributed by atoms with E-state index in [2.05, 4.69) is 0 Å². The topological polar surface area (TPSA) is 70.5 Å². The summed E-state index contributed by atoms with van der Waals surface area (Å²) in [6.45, 7) is 1.78. The van der Waals surface area contributed by atoms with Gasteiger partial charge in [0.1, 0.15) is 0 Å². The van der Waals surface area contributed by atoms with Crippen LogP contribution in [-0.2, 0) is 6.54 Å². The van der Waals surface area contributed by atoms with E-state index in [1.807, 2.05) is 6.07 Å². The number of anilines is 1. The number of nitrogen functional groups attached to an aromatic ring is 1. The molecule has 1 aliphatic rings. The van der Waals surface area contributed by atoms with E-state index in [0.29, 0.717) is 25.4 Å². The molecule has 0 radical (unpaired) electrons. The zero-order valence-corrected chi connectivity index (χ0v) is 7.95. The number of ether oxygens (including phenoxy) is 2. The first-order valence-electron chi connectivity index (χ1n) is 4.69. The highest BCUT2D eigenvalue weighted by Gasteiger charge is 2.12. The van der Waals surface area contributed by atoms with E-state index in [0.717, 1.165) is 23.5 Å². The smallest absolute Gasteiger partial charge is 0.163 e. The minimum atomic E-state index is 0.419. The SMILES string of the molecule is NCc1cc2c(cc1N)OCCCO2. The highest BCUT2D eigenvalue weighted by atomic mass is 16.5. The first-order chi connectivity index (χ1) is 6.81. The van der Waals surface area contributed by atoms with Crippen LogP contribution in [0.15, 0.2) is 12.1 Å². The predicted molar refractivity (Wildman–Crippen MR) is 54.4 cm³/mol.